The topological polar surface area (TPSA) is 46.2 Å². The molecule has 0 aromatic carbocycles. The molecule has 0 bridgehead atoms. The zero-order chi connectivity index (χ0) is 16.0. The quantitative estimate of drug-likeness (QED) is 0.660. The van der Waals surface area contributed by atoms with Crippen molar-refractivity contribution in [2.75, 3.05) is 27.9 Å². The van der Waals surface area contributed by atoms with Gasteiger partial charge in [-0.3, -0.25) is 0 Å². The summed E-state index contributed by atoms with van der Waals surface area (Å²) in [7, 11) is -1.75. The van der Waals surface area contributed by atoms with Crippen molar-refractivity contribution < 1.29 is 21.8 Å². The zero-order valence-corrected chi connectivity index (χ0v) is 17.1. The number of rotatable bonds is 7. The first-order chi connectivity index (χ1) is 9.86. The lowest BCUT2D eigenvalue weighted by Crippen LogP contribution is -2.53. The Morgan fingerprint density at radius 3 is 2.29 bits per heavy atom. The molecule has 0 spiro atoms. The fraction of sp³-hybridized carbons (Fsp3) is 0.846. The van der Waals surface area contributed by atoms with Gasteiger partial charge >= 0.3 is 17.4 Å². The average Bonchev–Trinajstić information content (AvgIpc) is 2.47. The molecular weight excluding hydrogens is 320 g/mol. The molecule has 8 heteroatoms. The van der Waals surface area contributed by atoms with Crippen molar-refractivity contribution in [2.24, 2.45) is 0 Å². The Balaban J connectivity index is 2.78. The van der Waals surface area contributed by atoms with Crippen molar-refractivity contribution in [1.29, 1.82) is 0 Å². The van der Waals surface area contributed by atoms with E-state index in [0.29, 0.717) is 0 Å². The van der Waals surface area contributed by atoms with Gasteiger partial charge in [-0.15, -0.1) is 6.58 Å². The summed E-state index contributed by atoms with van der Waals surface area (Å²) in [6, 6.07) is 2.68. The fourth-order valence-electron chi connectivity index (χ4n) is 2.64. The van der Waals surface area contributed by atoms with Crippen molar-refractivity contribution in [3.8, 4) is 0 Å². The summed E-state index contributed by atoms with van der Waals surface area (Å²) >= 11 is 0. The molecule has 124 valence electrons. The second-order valence-corrected chi connectivity index (χ2v) is 16.4. The summed E-state index contributed by atoms with van der Waals surface area (Å²) in [5.74, 6) is 0. The van der Waals surface area contributed by atoms with E-state index >= 15 is 0 Å². The van der Waals surface area contributed by atoms with Crippen LogP contribution in [0.2, 0.25) is 31.2 Å². The molecule has 0 aliphatic carbocycles. The van der Waals surface area contributed by atoms with Gasteiger partial charge in [-0.2, -0.15) is 0 Å². The monoisotopic (exact) mass is 350 g/mol. The minimum absolute atomic E-state index is 0.723. The zero-order valence-electron chi connectivity index (χ0n) is 14.1. The van der Waals surface area contributed by atoms with Crippen molar-refractivity contribution in [1.82, 2.24) is 0 Å². The van der Waals surface area contributed by atoms with Crippen molar-refractivity contribution >= 4 is 25.7 Å². The van der Waals surface area contributed by atoms with E-state index in [0.717, 1.165) is 37.6 Å². The van der Waals surface area contributed by atoms with Gasteiger partial charge in [0.05, 0.1) is 0 Å². The Labute approximate surface area is 132 Å². The van der Waals surface area contributed by atoms with Crippen LogP contribution in [0.25, 0.3) is 0 Å². The largest absolute Gasteiger partial charge is 0.500 e. The van der Waals surface area contributed by atoms with E-state index in [9.17, 15) is 0 Å². The first-order valence-corrected chi connectivity index (χ1v) is 14.6. The molecule has 0 amide bonds. The molecule has 1 aliphatic heterocycles. The highest BCUT2D eigenvalue weighted by Gasteiger charge is 2.46. The van der Waals surface area contributed by atoms with Crippen LogP contribution in [0, 0.1) is 0 Å². The second kappa shape index (κ2) is 8.16. The summed E-state index contributed by atoms with van der Waals surface area (Å²) < 4.78 is 29.2. The van der Waals surface area contributed by atoms with Gasteiger partial charge in [0, 0.05) is 34.0 Å². The van der Waals surface area contributed by atoms with E-state index in [1.54, 1.807) is 21.3 Å². The molecule has 0 aromatic heterocycles. The second-order valence-electron chi connectivity index (χ2n) is 5.85. The minimum Gasteiger partial charge on any atom is -0.432 e. The van der Waals surface area contributed by atoms with Crippen LogP contribution >= 0.6 is 0 Å². The third-order valence-electron chi connectivity index (χ3n) is 4.17. The van der Waals surface area contributed by atoms with E-state index < -0.39 is 25.7 Å². The number of hydrogen-bond acceptors (Lipinski definition) is 5. The van der Waals surface area contributed by atoms with Crippen LogP contribution in [0.3, 0.4) is 0 Å². The standard InChI is InChI=1S/C13H30O5Si3/c1-7-19(5)11-9-8-10-17-20(6,18-19)12-13-21(14-2,15-3)16-4/h7H,1,8-13H2,2-6H3. The first-order valence-electron chi connectivity index (χ1n) is 7.50. The van der Waals surface area contributed by atoms with Gasteiger partial charge in [-0.25, -0.2) is 0 Å². The smallest absolute Gasteiger partial charge is 0.432 e. The van der Waals surface area contributed by atoms with Gasteiger partial charge in [0.1, 0.15) is 0 Å². The highest BCUT2D eigenvalue weighted by Crippen LogP contribution is 2.31. The number of hydrogen-bond donors (Lipinski definition) is 0. The highest BCUT2D eigenvalue weighted by molar-refractivity contribution is 6.86. The average molecular weight is 351 g/mol. The van der Waals surface area contributed by atoms with Crippen LogP contribution in [0.5, 0.6) is 0 Å². The van der Waals surface area contributed by atoms with Gasteiger partial charge in [0.2, 0.25) is 8.32 Å². The Bertz CT molecular complexity index is 332. The van der Waals surface area contributed by atoms with Gasteiger partial charge in [-0.05, 0) is 31.6 Å². The predicted octanol–water partition coefficient (Wildman–Crippen LogP) is 3.06. The van der Waals surface area contributed by atoms with Crippen LogP contribution in [0.15, 0.2) is 12.3 Å². The van der Waals surface area contributed by atoms with Gasteiger partial charge in [-0.1, -0.05) is 12.1 Å². The summed E-state index contributed by atoms with van der Waals surface area (Å²) in [6.07, 6.45) is 2.26. The third kappa shape index (κ3) is 5.40. The third-order valence-corrected chi connectivity index (χ3v) is 15.2. The Hall–Kier alpha value is 0.191. The Kier molecular flexibility index (Phi) is 7.47. The van der Waals surface area contributed by atoms with E-state index in [-0.39, 0.29) is 0 Å². The normalized spacial score (nSPS) is 31.5. The van der Waals surface area contributed by atoms with E-state index in [2.05, 4.69) is 19.7 Å². The molecule has 0 N–H and O–H groups in total. The molecule has 0 saturated carbocycles. The molecule has 21 heavy (non-hydrogen) atoms. The lowest BCUT2D eigenvalue weighted by atomic mass is 10.4. The van der Waals surface area contributed by atoms with Crippen LogP contribution in [-0.2, 0) is 21.8 Å². The first kappa shape index (κ1) is 19.2. The highest BCUT2D eigenvalue weighted by atomic mass is 28.4. The van der Waals surface area contributed by atoms with Crippen LogP contribution < -0.4 is 0 Å². The molecule has 0 radical (unpaired) electrons. The Morgan fingerprint density at radius 1 is 1.14 bits per heavy atom. The molecule has 0 aromatic rings. The maximum Gasteiger partial charge on any atom is 0.500 e. The summed E-state index contributed by atoms with van der Waals surface area (Å²) in [6.45, 7) is 9.15. The lowest BCUT2D eigenvalue weighted by Gasteiger charge is -2.39. The maximum atomic E-state index is 6.54. The van der Waals surface area contributed by atoms with Crippen LogP contribution in [0.4, 0.5) is 0 Å². The molecule has 2 unspecified atom stereocenters. The van der Waals surface area contributed by atoms with Crippen molar-refractivity contribution in [3.05, 3.63) is 12.3 Å². The minimum atomic E-state index is -2.57. The van der Waals surface area contributed by atoms with Crippen LogP contribution in [0.1, 0.15) is 12.8 Å². The van der Waals surface area contributed by atoms with Gasteiger partial charge < -0.3 is 21.8 Å². The van der Waals surface area contributed by atoms with Gasteiger partial charge in [0.25, 0.3) is 0 Å². The molecular formula is C13H30O5Si3. The SMILES string of the molecule is C=C[Si]1(C)CCCCO[Si](C)(CC[Si](OC)(OC)OC)O1. The summed E-state index contributed by atoms with van der Waals surface area (Å²) in [5.41, 5.74) is 2.04. The molecule has 5 nitrogen and oxygen atoms in total. The molecule has 1 rings (SSSR count). The molecule has 1 saturated heterocycles. The van der Waals surface area contributed by atoms with Gasteiger partial charge in [0.15, 0.2) is 0 Å². The molecule has 1 heterocycles. The van der Waals surface area contributed by atoms with Crippen LogP contribution in [-0.4, -0.2) is 53.6 Å². The Morgan fingerprint density at radius 2 is 1.76 bits per heavy atom. The lowest BCUT2D eigenvalue weighted by molar-refractivity contribution is 0.123. The van der Waals surface area contributed by atoms with E-state index in [1.807, 2.05) is 5.70 Å². The van der Waals surface area contributed by atoms with E-state index in [4.69, 9.17) is 21.8 Å². The predicted molar refractivity (Wildman–Crippen MR) is 90.9 cm³/mol. The van der Waals surface area contributed by atoms with Crippen molar-refractivity contribution in [3.63, 3.8) is 0 Å². The van der Waals surface area contributed by atoms with Crippen molar-refractivity contribution in [2.45, 2.75) is 44.1 Å². The molecule has 1 aliphatic rings. The fourth-order valence-corrected chi connectivity index (χ4v) is 14.0. The summed E-state index contributed by atoms with van der Waals surface area (Å²) in [4.78, 5) is 0. The maximum absolute atomic E-state index is 6.54. The molecule has 1 fully saturated rings. The molecule has 2 atom stereocenters. The summed E-state index contributed by atoms with van der Waals surface area (Å²) in [5, 5.41) is 0. The van der Waals surface area contributed by atoms with E-state index in [1.165, 1.54) is 0 Å².